The van der Waals surface area contributed by atoms with E-state index in [1.54, 1.807) is 10.9 Å². The molecule has 2 aromatic rings. The number of nitrogens with zero attached hydrogens (tertiary/aromatic N) is 5. The van der Waals surface area contributed by atoms with E-state index < -0.39 is 6.10 Å². The van der Waals surface area contributed by atoms with Gasteiger partial charge in [0.2, 0.25) is 5.91 Å². The first kappa shape index (κ1) is 60.8. The van der Waals surface area contributed by atoms with Gasteiger partial charge in [0.05, 0.1) is 19.0 Å². The number of esters is 2. The molecule has 68 heavy (non-hydrogen) atoms. The summed E-state index contributed by atoms with van der Waals surface area (Å²) >= 11 is 0. The summed E-state index contributed by atoms with van der Waals surface area (Å²) < 4.78 is 13.3. The molecule has 0 aliphatic rings. The predicted molar refractivity (Wildman–Crippen MR) is 279 cm³/mol. The number of anilines is 1. The van der Waals surface area contributed by atoms with Crippen LogP contribution in [0.15, 0.2) is 12.7 Å². The number of aromatic nitrogens is 4. The Morgan fingerprint density at radius 2 is 1.12 bits per heavy atom. The van der Waals surface area contributed by atoms with Crippen LogP contribution in [-0.2, 0) is 30.4 Å². The van der Waals surface area contributed by atoms with Crippen LogP contribution >= 0.6 is 0 Å². The van der Waals surface area contributed by atoms with Crippen LogP contribution < -0.4 is 11.1 Å². The van der Waals surface area contributed by atoms with Gasteiger partial charge >= 0.3 is 11.9 Å². The maximum absolute atomic E-state index is 12.9. The fourth-order valence-corrected chi connectivity index (χ4v) is 9.04. The van der Waals surface area contributed by atoms with Crippen LogP contribution in [0.25, 0.3) is 11.2 Å². The molecule has 0 spiro atoms. The van der Waals surface area contributed by atoms with E-state index in [9.17, 15) is 19.5 Å². The van der Waals surface area contributed by atoms with Crippen molar-refractivity contribution in [3.05, 3.63) is 12.7 Å². The average Bonchev–Trinajstić information content (AvgIpc) is 3.74. The van der Waals surface area contributed by atoms with Crippen LogP contribution in [-0.4, -0.2) is 92.4 Å². The van der Waals surface area contributed by atoms with Crippen molar-refractivity contribution in [2.45, 2.75) is 271 Å². The number of carbonyl (C=O) groups is 3. The maximum Gasteiger partial charge on any atom is 0.306 e. The van der Waals surface area contributed by atoms with Gasteiger partial charge in [0, 0.05) is 25.9 Å². The third-order valence-electron chi connectivity index (χ3n) is 13.3. The number of nitrogens with one attached hydrogen (secondary N) is 1. The quantitative estimate of drug-likeness (QED) is 0.0425. The van der Waals surface area contributed by atoms with Crippen molar-refractivity contribution in [1.82, 2.24) is 29.7 Å². The summed E-state index contributed by atoms with van der Waals surface area (Å²) in [7, 11) is 0. The van der Waals surface area contributed by atoms with Crippen LogP contribution in [0.5, 0.6) is 0 Å². The van der Waals surface area contributed by atoms with E-state index in [0.717, 1.165) is 116 Å². The molecule has 0 aliphatic carbocycles. The molecule has 0 aromatic carbocycles. The minimum absolute atomic E-state index is 0.0220. The van der Waals surface area contributed by atoms with Gasteiger partial charge in [-0.15, -0.1) is 0 Å². The molecule has 1 unspecified atom stereocenters. The number of unbranched alkanes of at least 4 members (excludes halogenated alkanes) is 25. The monoisotopic (exact) mass is 956 g/mol. The number of aliphatic hydroxyl groups excluding tert-OH is 1. The Morgan fingerprint density at radius 3 is 1.72 bits per heavy atom. The highest BCUT2D eigenvalue weighted by molar-refractivity contribution is 5.83. The summed E-state index contributed by atoms with van der Waals surface area (Å²) in [6.45, 7) is 10.3. The van der Waals surface area contributed by atoms with Crippen molar-refractivity contribution in [1.29, 1.82) is 0 Å². The molecule has 0 bridgehead atoms. The number of nitrogens with two attached hydrogens (primary N) is 1. The van der Waals surface area contributed by atoms with Gasteiger partial charge in [-0.25, -0.2) is 15.0 Å². The third kappa shape index (κ3) is 32.5. The van der Waals surface area contributed by atoms with Crippen molar-refractivity contribution in [3.63, 3.8) is 0 Å². The first-order valence-corrected chi connectivity index (χ1v) is 28.2. The molecule has 0 fully saturated rings. The number of rotatable bonds is 48. The first-order valence-electron chi connectivity index (χ1n) is 28.2. The molecule has 1 atom stereocenters. The molecule has 2 rings (SSSR count). The lowest BCUT2D eigenvalue weighted by molar-refractivity contribution is -0.150. The van der Waals surface area contributed by atoms with E-state index in [-0.39, 0.29) is 36.3 Å². The standard InChI is InChI=1S/C55H101N7O6/c1-4-7-10-13-16-17-18-24-34-43-67-51(65)38-29-25-33-42-61(44-48(63)35-30-31-40-57-50(64)45-62-47-60-53-54(56)58-46-59-55(53)62)41-32-23-19-22-28-39-52(66)68-49(36-26-20-14-11-8-5-2)37-27-21-15-12-9-6-3/h46-49,63H,4-45H2,1-3H3,(H,57,64)(H2,56,58,59). The lowest BCUT2D eigenvalue weighted by atomic mass is 10.0. The highest BCUT2D eigenvalue weighted by Gasteiger charge is 2.16. The largest absolute Gasteiger partial charge is 0.466 e. The van der Waals surface area contributed by atoms with Crippen molar-refractivity contribution in [3.8, 4) is 0 Å². The van der Waals surface area contributed by atoms with E-state index in [2.05, 4.69) is 45.9 Å². The number of hydrogen-bond acceptors (Lipinski definition) is 11. The fraction of sp³-hybridized carbons (Fsp3) is 0.855. The summed E-state index contributed by atoms with van der Waals surface area (Å²) in [6.07, 6.45) is 41.9. The molecule has 4 N–H and O–H groups in total. The van der Waals surface area contributed by atoms with E-state index in [4.69, 9.17) is 15.2 Å². The summed E-state index contributed by atoms with van der Waals surface area (Å²) in [4.78, 5) is 52.7. The number of imidazole rings is 1. The van der Waals surface area contributed by atoms with Gasteiger partial charge in [0.25, 0.3) is 0 Å². The van der Waals surface area contributed by atoms with Gasteiger partial charge in [-0.3, -0.25) is 14.4 Å². The number of ether oxygens (including phenoxy) is 2. The Bertz CT molecular complexity index is 1510. The first-order chi connectivity index (χ1) is 33.3. The summed E-state index contributed by atoms with van der Waals surface area (Å²) in [5.74, 6) is 0.0457. The molecule has 2 aromatic heterocycles. The van der Waals surface area contributed by atoms with Gasteiger partial charge in [0.15, 0.2) is 11.5 Å². The minimum atomic E-state index is -0.457. The van der Waals surface area contributed by atoms with Crippen molar-refractivity contribution < 1.29 is 29.0 Å². The topological polar surface area (TPSA) is 175 Å². The average molecular weight is 956 g/mol. The lowest BCUT2D eigenvalue weighted by Gasteiger charge is -2.25. The van der Waals surface area contributed by atoms with Crippen LogP contribution in [0.3, 0.4) is 0 Å². The second kappa shape index (κ2) is 42.5. The number of amides is 1. The van der Waals surface area contributed by atoms with E-state index >= 15 is 0 Å². The molecule has 1 amide bonds. The molecule has 0 saturated heterocycles. The number of fused-ring (bicyclic) bond motifs is 1. The van der Waals surface area contributed by atoms with E-state index in [1.807, 2.05) is 0 Å². The van der Waals surface area contributed by atoms with Crippen molar-refractivity contribution in [2.75, 3.05) is 38.5 Å². The second-order valence-electron chi connectivity index (χ2n) is 19.7. The molecule has 2 heterocycles. The smallest absolute Gasteiger partial charge is 0.306 e. The van der Waals surface area contributed by atoms with Gasteiger partial charge in [-0.1, -0.05) is 162 Å². The van der Waals surface area contributed by atoms with E-state index in [0.29, 0.717) is 50.1 Å². The number of nitrogen functional groups attached to an aromatic ring is 1. The van der Waals surface area contributed by atoms with Crippen molar-refractivity contribution in [2.24, 2.45) is 0 Å². The van der Waals surface area contributed by atoms with Gasteiger partial charge in [-0.05, 0) is 90.1 Å². The Labute approximate surface area is 414 Å². The van der Waals surface area contributed by atoms with Crippen LogP contribution in [0.2, 0.25) is 0 Å². The lowest BCUT2D eigenvalue weighted by Crippen LogP contribution is -2.34. The zero-order chi connectivity index (χ0) is 49.1. The highest BCUT2D eigenvalue weighted by atomic mass is 16.5. The number of hydrogen-bond donors (Lipinski definition) is 3. The Kier molecular flexibility index (Phi) is 38.0. The normalized spacial score (nSPS) is 12.1. The van der Waals surface area contributed by atoms with Gasteiger partial charge in [0.1, 0.15) is 24.5 Å². The number of carbonyl (C=O) groups excluding carboxylic acids is 3. The zero-order valence-electron chi connectivity index (χ0n) is 43.8. The third-order valence-corrected chi connectivity index (χ3v) is 13.3. The maximum atomic E-state index is 12.9. The molecular formula is C55H101N7O6. The summed E-state index contributed by atoms with van der Waals surface area (Å²) in [6, 6.07) is 0. The van der Waals surface area contributed by atoms with Crippen LogP contribution in [0.4, 0.5) is 5.82 Å². The zero-order valence-corrected chi connectivity index (χ0v) is 43.8. The number of aliphatic hydroxyl groups is 1. The van der Waals surface area contributed by atoms with Gasteiger partial charge in [-0.2, -0.15) is 0 Å². The molecule has 0 saturated carbocycles. The molecule has 0 aliphatic heterocycles. The second-order valence-corrected chi connectivity index (χ2v) is 19.7. The summed E-state index contributed by atoms with van der Waals surface area (Å²) in [5, 5.41) is 14.1. The Hall–Kier alpha value is -3.32. The molecule has 13 heteroatoms. The van der Waals surface area contributed by atoms with Gasteiger partial charge < -0.3 is 35.1 Å². The fourth-order valence-electron chi connectivity index (χ4n) is 9.04. The highest BCUT2D eigenvalue weighted by Crippen LogP contribution is 2.19. The predicted octanol–water partition coefficient (Wildman–Crippen LogP) is 12.7. The summed E-state index contributed by atoms with van der Waals surface area (Å²) in [5.41, 5.74) is 6.89. The Balaban J connectivity index is 1.71. The minimum Gasteiger partial charge on any atom is -0.466 e. The van der Waals surface area contributed by atoms with Crippen LogP contribution in [0.1, 0.15) is 252 Å². The molecule has 0 radical (unpaired) electrons. The van der Waals surface area contributed by atoms with Crippen LogP contribution in [0, 0.1) is 0 Å². The molecular weight excluding hydrogens is 855 g/mol. The Morgan fingerprint density at radius 1 is 0.618 bits per heavy atom. The molecule has 13 nitrogen and oxygen atoms in total. The molecule has 392 valence electrons. The van der Waals surface area contributed by atoms with E-state index in [1.165, 1.54) is 115 Å². The van der Waals surface area contributed by atoms with Crippen molar-refractivity contribution >= 4 is 34.8 Å². The SMILES string of the molecule is CCCCCCCCCCCOC(=O)CCCCCN(CCCCCCCC(=O)OC(CCCCCCCC)CCCCCCCC)CC(O)CCCCNC(=O)Cn1cnc2c(N)ncnc21.